The highest BCUT2D eigenvalue weighted by Gasteiger charge is 2.41. The molecule has 6 aromatic carbocycles. The minimum Gasteiger partial charge on any atom is -0.292 e. The van der Waals surface area contributed by atoms with Gasteiger partial charge in [-0.15, -0.1) is 0 Å². The quantitative estimate of drug-likeness (QED) is 0.197. The van der Waals surface area contributed by atoms with E-state index in [1.807, 2.05) is 0 Å². The number of hydrogen-bond acceptors (Lipinski definition) is 2. The summed E-state index contributed by atoms with van der Waals surface area (Å²) in [5.74, 6) is 0.877. The summed E-state index contributed by atoms with van der Waals surface area (Å²) >= 11 is 0. The van der Waals surface area contributed by atoms with Gasteiger partial charge in [-0.25, -0.2) is 9.97 Å². The standard InChI is InChI=1S/C44H33N3/c1-43(2)33-20-10-7-17-29(33)38-31(19-13-22-35(38)43)40-42(46-41-39(45-40)30-18-8-11-21-34(30)44(41,3)4)47-36-23-12-9-16-28(36)32-24-26-14-5-6-15-27(26)25-37(32)47/h5-25H,1-4H3. The second kappa shape index (κ2) is 9.04. The Kier molecular flexibility index (Phi) is 5.13. The van der Waals surface area contributed by atoms with Crippen molar-refractivity contribution in [3.8, 4) is 39.5 Å². The Balaban J connectivity index is 1.39. The zero-order valence-corrected chi connectivity index (χ0v) is 27.0. The molecule has 0 fully saturated rings. The summed E-state index contributed by atoms with van der Waals surface area (Å²) in [5, 5.41) is 4.89. The first kappa shape index (κ1) is 26.7. The third-order valence-corrected chi connectivity index (χ3v) is 10.9. The molecule has 0 atom stereocenters. The van der Waals surface area contributed by atoms with Crippen molar-refractivity contribution in [2.45, 2.75) is 38.5 Å². The molecule has 0 amide bonds. The van der Waals surface area contributed by atoms with Crippen molar-refractivity contribution in [1.29, 1.82) is 0 Å². The number of para-hydroxylation sites is 1. The monoisotopic (exact) mass is 603 g/mol. The first-order valence-electron chi connectivity index (χ1n) is 16.5. The van der Waals surface area contributed by atoms with Gasteiger partial charge in [-0.05, 0) is 56.8 Å². The van der Waals surface area contributed by atoms with Gasteiger partial charge in [-0.1, -0.05) is 137 Å². The molecule has 0 saturated heterocycles. The molecule has 0 N–H and O–H groups in total. The molecule has 10 rings (SSSR count). The van der Waals surface area contributed by atoms with E-state index < -0.39 is 0 Å². The Hall–Kier alpha value is -5.54. The van der Waals surface area contributed by atoms with Gasteiger partial charge in [0.2, 0.25) is 0 Å². The van der Waals surface area contributed by atoms with Crippen LogP contribution in [0.3, 0.4) is 0 Å². The molecule has 2 heterocycles. The molecule has 2 aliphatic rings. The maximum Gasteiger partial charge on any atom is 0.164 e. The van der Waals surface area contributed by atoms with Gasteiger partial charge in [-0.3, -0.25) is 4.57 Å². The molecule has 8 aromatic rings. The highest BCUT2D eigenvalue weighted by molar-refractivity contribution is 6.14. The Morgan fingerprint density at radius 1 is 0.468 bits per heavy atom. The molecule has 0 saturated carbocycles. The van der Waals surface area contributed by atoms with Crippen molar-refractivity contribution in [3.63, 3.8) is 0 Å². The Labute approximate surface area is 274 Å². The van der Waals surface area contributed by atoms with Crippen LogP contribution in [0.2, 0.25) is 0 Å². The van der Waals surface area contributed by atoms with E-state index in [1.54, 1.807) is 0 Å². The Morgan fingerprint density at radius 2 is 1.09 bits per heavy atom. The number of fused-ring (bicyclic) bond motifs is 10. The van der Waals surface area contributed by atoms with Crippen LogP contribution in [0.4, 0.5) is 0 Å². The number of aromatic nitrogens is 3. The lowest BCUT2D eigenvalue weighted by Gasteiger charge is -2.23. The number of hydrogen-bond donors (Lipinski definition) is 0. The van der Waals surface area contributed by atoms with Crippen LogP contribution < -0.4 is 0 Å². The van der Waals surface area contributed by atoms with E-state index in [9.17, 15) is 0 Å². The number of rotatable bonds is 2. The van der Waals surface area contributed by atoms with Crippen LogP contribution in [0, 0.1) is 0 Å². The molecule has 2 aliphatic carbocycles. The van der Waals surface area contributed by atoms with Crippen molar-refractivity contribution in [3.05, 3.63) is 150 Å². The topological polar surface area (TPSA) is 30.7 Å². The molecule has 47 heavy (non-hydrogen) atoms. The van der Waals surface area contributed by atoms with E-state index >= 15 is 0 Å². The predicted octanol–water partition coefficient (Wildman–Crippen LogP) is 11.0. The lowest BCUT2D eigenvalue weighted by molar-refractivity contribution is 0.633. The summed E-state index contributed by atoms with van der Waals surface area (Å²) in [6.07, 6.45) is 0. The minimum absolute atomic E-state index is 0.118. The molecular formula is C44H33N3. The van der Waals surface area contributed by atoms with Gasteiger partial charge >= 0.3 is 0 Å². The van der Waals surface area contributed by atoms with Crippen LogP contribution in [0.5, 0.6) is 0 Å². The lowest BCUT2D eigenvalue weighted by Crippen LogP contribution is -2.19. The average Bonchev–Trinajstić information content (AvgIpc) is 3.63. The molecule has 3 nitrogen and oxygen atoms in total. The summed E-state index contributed by atoms with van der Waals surface area (Å²) in [6.45, 7) is 9.25. The highest BCUT2D eigenvalue weighted by Crippen LogP contribution is 2.54. The summed E-state index contributed by atoms with van der Waals surface area (Å²) < 4.78 is 2.38. The molecule has 0 radical (unpaired) electrons. The SMILES string of the molecule is CC1(C)c2ccccc2-c2c(-c3nc4c(nc3-n3c5ccccc5c5cc6ccccc6cc53)C(C)(C)c3ccccc3-4)cccc21. The maximum absolute atomic E-state index is 5.74. The molecule has 0 unspecified atom stereocenters. The van der Waals surface area contributed by atoms with Crippen LogP contribution in [0.25, 0.3) is 72.0 Å². The molecular weight excluding hydrogens is 571 g/mol. The van der Waals surface area contributed by atoms with Crippen LogP contribution >= 0.6 is 0 Å². The first-order chi connectivity index (χ1) is 22.8. The second-order valence-electron chi connectivity index (χ2n) is 14.2. The highest BCUT2D eigenvalue weighted by atomic mass is 15.1. The van der Waals surface area contributed by atoms with Gasteiger partial charge < -0.3 is 0 Å². The Morgan fingerprint density at radius 3 is 1.89 bits per heavy atom. The lowest BCUT2D eigenvalue weighted by atomic mass is 9.82. The van der Waals surface area contributed by atoms with Crippen LogP contribution in [0.1, 0.15) is 50.1 Å². The number of benzene rings is 6. The van der Waals surface area contributed by atoms with Gasteiger partial charge in [0.1, 0.15) is 5.69 Å². The largest absolute Gasteiger partial charge is 0.292 e. The van der Waals surface area contributed by atoms with E-state index in [4.69, 9.17) is 9.97 Å². The summed E-state index contributed by atoms with van der Waals surface area (Å²) in [7, 11) is 0. The normalized spacial score (nSPS) is 15.1. The maximum atomic E-state index is 5.74. The van der Waals surface area contributed by atoms with E-state index in [2.05, 4.69) is 160 Å². The van der Waals surface area contributed by atoms with Crippen molar-refractivity contribution in [2.24, 2.45) is 0 Å². The third kappa shape index (κ3) is 3.41. The van der Waals surface area contributed by atoms with Gasteiger partial charge in [-0.2, -0.15) is 0 Å². The van der Waals surface area contributed by atoms with Gasteiger partial charge in [0.15, 0.2) is 5.82 Å². The molecule has 3 heteroatoms. The molecule has 2 aromatic heterocycles. The zero-order chi connectivity index (χ0) is 31.7. The van der Waals surface area contributed by atoms with E-state index in [-0.39, 0.29) is 10.8 Å². The summed E-state index contributed by atoms with van der Waals surface area (Å²) in [4.78, 5) is 11.4. The van der Waals surface area contributed by atoms with Crippen LogP contribution in [0.15, 0.2) is 127 Å². The van der Waals surface area contributed by atoms with Crippen molar-refractivity contribution in [1.82, 2.24) is 14.5 Å². The van der Waals surface area contributed by atoms with Crippen molar-refractivity contribution >= 4 is 32.6 Å². The Bertz CT molecular complexity index is 2640. The minimum atomic E-state index is -0.287. The van der Waals surface area contributed by atoms with E-state index in [1.165, 1.54) is 54.9 Å². The zero-order valence-electron chi connectivity index (χ0n) is 27.0. The summed E-state index contributed by atoms with van der Waals surface area (Å²) in [6, 6.07) is 46.4. The summed E-state index contributed by atoms with van der Waals surface area (Å²) in [5.41, 5.74) is 13.6. The van der Waals surface area contributed by atoms with Crippen molar-refractivity contribution in [2.75, 3.05) is 0 Å². The number of nitrogens with zero attached hydrogens (tertiary/aromatic N) is 3. The second-order valence-corrected chi connectivity index (χ2v) is 14.2. The fraction of sp³-hybridized carbons (Fsp3) is 0.136. The van der Waals surface area contributed by atoms with E-state index in [0.29, 0.717) is 0 Å². The fourth-order valence-electron chi connectivity index (χ4n) is 8.58. The molecule has 224 valence electrons. The average molecular weight is 604 g/mol. The van der Waals surface area contributed by atoms with Gasteiger partial charge in [0.25, 0.3) is 0 Å². The van der Waals surface area contributed by atoms with Crippen LogP contribution in [-0.2, 0) is 10.8 Å². The predicted molar refractivity (Wildman–Crippen MR) is 194 cm³/mol. The van der Waals surface area contributed by atoms with Gasteiger partial charge in [0.05, 0.1) is 22.4 Å². The smallest absolute Gasteiger partial charge is 0.164 e. The van der Waals surface area contributed by atoms with Crippen LogP contribution in [-0.4, -0.2) is 14.5 Å². The molecule has 0 bridgehead atoms. The molecule has 0 spiro atoms. The first-order valence-corrected chi connectivity index (χ1v) is 16.5. The fourth-order valence-corrected chi connectivity index (χ4v) is 8.58. The van der Waals surface area contributed by atoms with Crippen molar-refractivity contribution < 1.29 is 0 Å². The van der Waals surface area contributed by atoms with Gasteiger partial charge in [0, 0.05) is 32.7 Å². The molecule has 0 aliphatic heterocycles. The van der Waals surface area contributed by atoms with E-state index in [0.717, 1.165) is 39.5 Å². The third-order valence-electron chi connectivity index (χ3n) is 10.9.